The highest BCUT2D eigenvalue weighted by atomic mass is 32.1. The van der Waals surface area contributed by atoms with Gasteiger partial charge in [-0.3, -0.25) is 10.1 Å². The van der Waals surface area contributed by atoms with Crippen LogP contribution in [0.25, 0.3) is 10.2 Å². The van der Waals surface area contributed by atoms with Crippen molar-refractivity contribution in [3.8, 4) is 11.5 Å². The van der Waals surface area contributed by atoms with Crippen LogP contribution in [0.15, 0.2) is 42.5 Å². The highest BCUT2D eigenvalue weighted by Crippen LogP contribution is 2.33. The molecular formula is C19H17F3N2O3S. The van der Waals surface area contributed by atoms with E-state index in [-0.39, 0.29) is 5.75 Å². The highest BCUT2D eigenvalue weighted by molar-refractivity contribution is 7.22. The van der Waals surface area contributed by atoms with Crippen molar-refractivity contribution < 1.29 is 27.4 Å². The number of anilines is 1. The maximum Gasteiger partial charge on any atom is 0.416 e. The molecule has 9 heteroatoms. The number of halogens is 3. The molecule has 5 nitrogen and oxygen atoms in total. The predicted octanol–water partition coefficient (Wildman–Crippen LogP) is 5.12. The number of rotatable bonds is 6. The number of hydrogen-bond acceptors (Lipinski definition) is 5. The molecule has 148 valence electrons. The number of carbonyl (C=O) groups excluding carboxylic acids is 1. The molecule has 0 fully saturated rings. The maximum absolute atomic E-state index is 12.8. The molecule has 0 aliphatic heterocycles. The summed E-state index contributed by atoms with van der Waals surface area (Å²) < 4.78 is 50.1. The number of nitrogens with zero attached hydrogens (tertiary/aromatic N) is 1. The molecule has 1 heterocycles. The van der Waals surface area contributed by atoms with Gasteiger partial charge >= 0.3 is 6.18 Å². The summed E-state index contributed by atoms with van der Waals surface area (Å²) in [6.45, 7) is 3.80. The molecule has 1 aromatic heterocycles. The molecule has 0 saturated carbocycles. The number of thiazole rings is 1. The Morgan fingerprint density at radius 3 is 2.71 bits per heavy atom. The van der Waals surface area contributed by atoms with Crippen molar-refractivity contribution in [1.29, 1.82) is 0 Å². The molecule has 0 aliphatic carbocycles. The molecule has 0 bridgehead atoms. The highest BCUT2D eigenvalue weighted by Gasteiger charge is 2.31. The quantitative estimate of drug-likeness (QED) is 0.613. The van der Waals surface area contributed by atoms with Crippen LogP contribution in [-0.4, -0.2) is 23.6 Å². The van der Waals surface area contributed by atoms with Gasteiger partial charge in [0.05, 0.1) is 16.9 Å². The van der Waals surface area contributed by atoms with Gasteiger partial charge in [-0.05, 0) is 44.2 Å². The minimum atomic E-state index is -4.48. The van der Waals surface area contributed by atoms with Crippen molar-refractivity contribution in [1.82, 2.24) is 4.98 Å². The third-order valence-corrected chi connectivity index (χ3v) is 4.69. The fourth-order valence-corrected chi connectivity index (χ4v) is 3.35. The number of nitrogens with one attached hydrogen (secondary N) is 1. The maximum atomic E-state index is 12.8. The number of fused-ring (bicyclic) bond motifs is 1. The fraction of sp³-hybridized carbons (Fsp3) is 0.263. The van der Waals surface area contributed by atoms with Crippen LogP contribution >= 0.6 is 11.3 Å². The van der Waals surface area contributed by atoms with Gasteiger partial charge in [0.25, 0.3) is 5.91 Å². The molecule has 1 atom stereocenters. The van der Waals surface area contributed by atoms with Crippen molar-refractivity contribution in [3.05, 3.63) is 48.0 Å². The van der Waals surface area contributed by atoms with Crippen molar-refractivity contribution in [3.63, 3.8) is 0 Å². The topological polar surface area (TPSA) is 60.5 Å². The van der Waals surface area contributed by atoms with E-state index in [2.05, 4.69) is 10.3 Å². The third-order valence-electron chi connectivity index (χ3n) is 3.76. The van der Waals surface area contributed by atoms with Gasteiger partial charge in [-0.25, -0.2) is 4.98 Å². The average Bonchev–Trinajstić information content (AvgIpc) is 3.05. The molecule has 0 aliphatic rings. The predicted molar refractivity (Wildman–Crippen MR) is 101 cm³/mol. The summed E-state index contributed by atoms with van der Waals surface area (Å²) in [5.41, 5.74) is -0.205. The van der Waals surface area contributed by atoms with Gasteiger partial charge in [0.15, 0.2) is 11.2 Å². The van der Waals surface area contributed by atoms with Gasteiger partial charge in [-0.2, -0.15) is 13.2 Å². The second-order valence-corrected chi connectivity index (χ2v) is 6.86. The molecule has 3 aromatic rings. The SMILES string of the molecule is CCOc1cccc2sc(NC(=O)C(C)Oc3cccc(C(F)(F)F)c3)nc12. The lowest BCUT2D eigenvalue weighted by atomic mass is 10.2. The number of para-hydroxylation sites is 1. The van der Waals surface area contributed by atoms with E-state index in [0.717, 1.165) is 16.8 Å². The van der Waals surface area contributed by atoms with Gasteiger partial charge in [-0.1, -0.05) is 23.5 Å². The molecule has 0 saturated heterocycles. The lowest BCUT2D eigenvalue weighted by Gasteiger charge is -2.15. The molecule has 1 unspecified atom stereocenters. The van der Waals surface area contributed by atoms with E-state index in [9.17, 15) is 18.0 Å². The minimum Gasteiger partial charge on any atom is -0.492 e. The Hall–Kier alpha value is -2.81. The zero-order valence-electron chi connectivity index (χ0n) is 15.0. The zero-order valence-corrected chi connectivity index (χ0v) is 15.9. The molecule has 2 aromatic carbocycles. The van der Waals surface area contributed by atoms with Crippen LogP contribution in [0.1, 0.15) is 19.4 Å². The van der Waals surface area contributed by atoms with E-state index in [1.807, 2.05) is 19.1 Å². The Balaban J connectivity index is 1.71. The van der Waals surface area contributed by atoms with Crippen LogP contribution in [0.3, 0.4) is 0 Å². The van der Waals surface area contributed by atoms with Gasteiger partial charge in [0, 0.05) is 0 Å². The average molecular weight is 410 g/mol. The van der Waals surface area contributed by atoms with Gasteiger partial charge in [0.1, 0.15) is 17.0 Å². The molecule has 0 radical (unpaired) electrons. The summed E-state index contributed by atoms with van der Waals surface area (Å²) in [5, 5.41) is 2.98. The standard InChI is InChI=1S/C19H17F3N2O3S/c1-3-26-14-8-5-9-15-16(14)23-18(28-15)24-17(25)11(2)27-13-7-4-6-12(10-13)19(20,21)22/h4-11H,3H2,1-2H3,(H,23,24,25). The lowest BCUT2D eigenvalue weighted by molar-refractivity contribution is -0.137. The zero-order chi connectivity index (χ0) is 20.3. The number of alkyl halides is 3. The van der Waals surface area contributed by atoms with E-state index in [4.69, 9.17) is 9.47 Å². The molecule has 0 spiro atoms. The summed E-state index contributed by atoms with van der Waals surface area (Å²) >= 11 is 1.27. The first kappa shape index (κ1) is 19.9. The van der Waals surface area contributed by atoms with Crippen LogP contribution in [0.5, 0.6) is 11.5 Å². The van der Waals surface area contributed by atoms with Gasteiger partial charge < -0.3 is 9.47 Å². The second kappa shape index (κ2) is 8.05. The van der Waals surface area contributed by atoms with Gasteiger partial charge in [0.2, 0.25) is 0 Å². The summed E-state index contributed by atoms with van der Waals surface area (Å²) in [6.07, 6.45) is -5.49. The third kappa shape index (κ3) is 4.53. The van der Waals surface area contributed by atoms with Crippen LogP contribution in [0.4, 0.5) is 18.3 Å². The van der Waals surface area contributed by atoms with E-state index in [0.29, 0.717) is 23.0 Å². The lowest BCUT2D eigenvalue weighted by Crippen LogP contribution is -2.30. The summed E-state index contributed by atoms with van der Waals surface area (Å²) in [4.78, 5) is 16.7. The number of benzene rings is 2. The van der Waals surface area contributed by atoms with Crippen molar-refractivity contribution in [2.24, 2.45) is 0 Å². The molecule has 3 rings (SSSR count). The summed E-state index contributed by atoms with van der Waals surface area (Å²) in [7, 11) is 0. The molecule has 1 N–H and O–H groups in total. The summed E-state index contributed by atoms with van der Waals surface area (Å²) in [6, 6.07) is 9.86. The van der Waals surface area contributed by atoms with Crippen LogP contribution in [0.2, 0.25) is 0 Å². The first-order valence-corrected chi connectivity index (χ1v) is 9.26. The van der Waals surface area contributed by atoms with Crippen LogP contribution in [-0.2, 0) is 11.0 Å². The normalized spacial score (nSPS) is 12.6. The van der Waals surface area contributed by atoms with Gasteiger partial charge in [-0.15, -0.1) is 0 Å². The molecule has 28 heavy (non-hydrogen) atoms. The monoisotopic (exact) mass is 410 g/mol. The van der Waals surface area contributed by atoms with E-state index >= 15 is 0 Å². The van der Waals surface area contributed by atoms with Crippen LogP contribution in [0, 0.1) is 0 Å². The van der Waals surface area contributed by atoms with Crippen molar-refractivity contribution in [2.75, 3.05) is 11.9 Å². The Morgan fingerprint density at radius 1 is 1.25 bits per heavy atom. The Labute approximate surface area is 163 Å². The number of aromatic nitrogens is 1. The largest absolute Gasteiger partial charge is 0.492 e. The van der Waals surface area contributed by atoms with Crippen molar-refractivity contribution >= 4 is 32.6 Å². The Morgan fingerprint density at radius 2 is 2.00 bits per heavy atom. The first-order chi connectivity index (χ1) is 13.3. The number of carbonyl (C=O) groups is 1. The van der Waals surface area contributed by atoms with Crippen molar-refractivity contribution in [2.45, 2.75) is 26.1 Å². The second-order valence-electron chi connectivity index (χ2n) is 5.83. The minimum absolute atomic E-state index is 0.0413. The van der Waals surface area contributed by atoms with Crippen LogP contribution < -0.4 is 14.8 Å². The van der Waals surface area contributed by atoms with E-state index in [1.54, 1.807) is 6.07 Å². The first-order valence-electron chi connectivity index (χ1n) is 8.45. The van der Waals surface area contributed by atoms with E-state index < -0.39 is 23.8 Å². The molecular weight excluding hydrogens is 393 g/mol. The Kier molecular flexibility index (Phi) is 5.73. The van der Waals surface area contributed by atoms with E-state index in [1.165, 1.54) is 30.4 Å². The fourth-order valence-electron chi connectivity index (χ4n) is 2.46. The smallest absolute Gasteiger partial charge is 0.416 e. The molecule has 1 amide bonds. The number of amides is 1. The summed E-state index contributed by atoms with van der Waals surface area (Å²) in [5.74, 6) is 0.0554. The number of hydrogen-bond donors (Lipinski definition) is 1. The number of ether oxygens (including phenoxy) is 2. The Bertz CT molecular complexity index is 988.